The molecule has 0 aliphatic rings. The Hall–Kier alpha value is -1.40. The minimum atomic E-state index is -0.516. The fourth-order valence-electron chi connectivity index (χ4n) is 2.35. The molecule has 0 amide bonds. The third kappa shape index (κ3) is 7.14. The normalized spacial score (nSPS) is 12.5. The highest BCUT2D eigenvalue weighted by Gasteiger charge is 2.13. The van der Waals surface area contributed by atoms with Gasteiger partial charge in [0.25, 0.3) is 0 Å². The lowest BCUT2D eigenvalue weighted by Crippen LogP contribution is -2.36. The maximum absolute atomic E-state index is 10.3. The van der Waals surface area contributed by atoms with Gasteiger partial charge >= 0.3 is 0 Å². The minimum absolute atomic E-state index is 0.301. The van der Waals surface area contributed by atoms with E-state index in [-0.39, 0.29) is 0 Å². The number of thiophene rings is 1. The van der Waals surface area contributed by atoms with Crippen LogP contribution in [0.25, 0.3) is 0 Å². The van der Waals surface area contributed by atoms with Gasteiger partial charge in [0.15, 0.2) is 0 Å². The minimum Gasteiger partial charge on any atom is -0.491 e. The number of hydrogen-bond donors (Lipinski definition) is 1. The Morgan fingerprint density at radius 2 is 2.00 bits per heavy atom. The summed E-state index contributed by atoms with van der Waals surface area (Å²) in [7, 11) is 1.71. The maximum Gasteiger partial charge on any atom is 0.119 e. The van der Waals surface area contributed by atoms with Crippen LogP contribution in [0.5, 0.6) is 5.75 Å². The number of para-hydroxylation sites is 1. The van der Waals surface area contributed by atoms with E-state index < -0.39 is 6.10 Å². The molecule has 5 heteroatoms. The first-order valence-electron chi connectivity index (χ1n) is 7.87. The average molecular weight is 335 g/mol. The molecule has 2 rings (SSSR count). The van der Waals surface area contributed by atoms with Crippen molar-refractivity contribution in [2.24, 2.45) is 0 Å². The summed E-state index contributed by atoms with van der Waals surface area (Å²) in [4.78, 5) is 3.56. The smallest absolute Gasteiger partial charge is 0.119 e. The van der Waals surface area contributed by atoms with Gasteiger partial charge in [0.1, 0.15) is 18.5 Å². The average Bonchev–Trinajstić information content (AvgIpc) is 3.07. The second-order valence-corrected chi connectivity index (χ2v) is 6.47. The fraction of sp³-hybridized carbons (Fsp3) is 0.444. The topological polar surface area (TPSA) is 41.9 Å². The van der Waals surface area contributed by atoms with E-state index in [1.54, 1.807) is 18.4 Å². The molecule has 0 radical (unpaired) electrons. The fourth-order valence-corrected chi connectivity index (χ4v) is 3.10. The van der Waals surface area contributed by atoms with E-state index in [4.69, 9.17) is 9.47 Å². The molecular formula is C18H25NO3S. The predicted molar refractivity (Wildman–Crippen MR) is 94.0 cm³/mol. The molecule has 0 bridgehead atoms. The van der Waals surface area contributed by atoms with Crippen molar-refractivity contribution in [3.63, 3.8) is 0 Å². The first-order chi connectivity index (χ1) is 11.3. The number of rotatable bonds is 11. The molecule has 1 aromatic carbocycles. The van der Waals surface area contributed by atoms with Crippen LogP contribution in [0, 0.1) is 0 Å². The molecule has 0 spiro atoms. The molecule has 1 aromatic heterocycles. The van der Waals surface area contributed by atoms with Crippen LogP contribution in [0.1, 0.15) is 11.3 Å². The lowest BCUT2D eigenvalue weighted by Gasteiger charge is -2.24. The zero-order valence-electron chi connectivity index (χ0n) is 13.6. The molecule has 1 atom stereocenters. The van der Waals surface area contributed by atoms with Crippen LogP contribution in [0.4, 0.5) is 0 Å². The van der Waals surface area contributed by atoms with Gasteiger partial charge in [-0.3, -0.25) is 4.90 Å². The van der Waals surface area contributed by atoms with Crippen molar-refractivity contribution in [1.82, 2.24) is 4.90 Å². The summed E-state index contributed by atoms with van der Waals surface area (Å²) in [6, 6.07) is 13.8. The summed E-state index contributed by atoms with van der Waals surface area (Å²) in [6.07, 6.45) is 0.437. The van der Waals surface area contributed by atoms with Crippen LogP contribution in [0.15, 0.2) is 47.8 Å². The number of nitrogens with zero attached hydrogens (tertiary/aromatic N) is 1. The zero-order chi connectivity index (χ0) is 16.3. The van der Waals surface area contributed by atoms with E-state index in [0.29, 0.717) is 13.2 Å². The molecule has 23 heavy (non-hydrogen) atoms. The van der Waals surface area contributed by atoms with Crippen molar-refractivity contribution in [2.75, 3.05) is 33.4 Å². The SMILES string of the molecule is COCCCN(Cc1cccs1)C[C@@H](O)COc1ccccc1. The van der Waals surface area contributed by atoms with E-state index in [9.17, 15) is 5.11 Å². The molecule has 1 N–H and O–H groups in total. The van der Waals surface area contributed by atoms with Crippen molar-refractivity contribution < 1.29 is 14.6 Å². The highest BCUT2D eigenvalue weighted by Crippen LogP contribution is 2.13. The zero-order valence-corrected chi connectivity index (χ0v) is 14.4. The Labute approximate surface area is 142 Å². The van der Waals surface area contributed by atoms with E-state index >= 15 is 0 Å². The van der Waals surface area contributed by atoms with Gasteiger partial charge in [0.2, 0.25) is 0 Å². The molecule has 0 saturated heterocycles. The van der Waals surface area contributed by atoms with Gasteiger partial charge in [0.05, 0.1) is 0 Å². The highest BCUT2D eigenvalue weighted by molar-refractivity contribution is 7.09. The molecule has 0 unspecified atom stereocenters. The summed E-state index contributed by atoms with van der Waals surface area (Å²) in [5, 5.41) is 12.4. The van der Waals surface area contributed by atoms with Gasteiger partial charge in [-0.1, -0.05) is 24.3 Å². The van der Waals surface area contributed by atoms with Crippen molar-refractivity contribution in [2.45, 2.75) is 19.1 Å². The molecule has 0 saturated carbocycles. The number of aliphatic hydroxyl groups is 1. The summed E-state index contributed by atoms with van der Waals surface area (Å²) < 4.78 is 10.8. The molecule has 2 aromatic rings. The van der Waals surface area contributed by atoms with Gasteiger partial charge in [-0.15, -0.1) is 11.3 Å². The Morgan fingerprint density at radius 1 is 1.17 bits per heavy atom. The maximum atomic E-state index is 10.3. The summed E-state index contributed by atoms with van der Waals surface area (Å²) in [6.45, 7) is 3.37. The van der Waals surface area contributed by atoms with Crippen LogP contribution in [0.3, 0.4) is 0 Å². The lowest BCUT2D eigenvalue weighted by atomic mass is 10.3. The van der Waals surface area contributed by atoms with Gasteiger partial charge in [-0.05, 0) is 30.0 Å². The number of methoxy groups -OCH3 is 1. The third-order valence-corrected chi connectivity index (χ3v) is 4.30. The van der Waals surface area contributed by atoms with Gasteiger partial charge < -0.3 is 14.6 Å². The molecule has 0 aliphatic heterocycles. The monoisotopic (exact) mass is 335 g/mol. The second kappa shape index (κ2) is 10.4. The van der Waals surface area contributed by atoms with Crippen LogP contribution >= 0.6 is 11.3 Å². The van der Waals surface area contributed by atoms with E-state index in [1.807, 2.05) is 30.3 Å². The van der Waals surface area contributed by atoms with Gasteiger partial charge in [-0.25, -0.2) is 0 Å². The number of hydrogen-bond acceptors (Lipinski definition) is 5. The van der Waals surface area contributed by atoms with E-state index in [0.717, 1.165) is 31.9 Å². The molecular weight excluding hydrogens is 310 g/mol. The predicted octanol–water partition coefficient (Wildman–Crippen LogP) is 3.03. The van der Waals surface area contributed by atoms with E-state index in [2.05, 4.69) is 22.4 Å². The number of ether oxygens (including phenoxy) is 2. The van der Waals surface area contributed by atoms with Crippen LogP contribution in [0.2, 0.25) is 0 Å². The first-order valence-corrected chi connectivity index (χ1v) is 8.75. The molecule has 126 valence electrons. The Kier molecular flexibility index (Phi) is 8.11. The van der Waals surface area contributed by atoms with Crippen molar-refractivity contribution >= 4 is 11.3 Å². The van der Waals surface area contributed by atoms with Crippen LogP contribution < -0.4 is 4.74 Å². The van der Waals surface area contributed by atoms with Crippen LogP contribution in [-0.2, 0) is 11.3 Å². The molecule has 1 heterocycles. The van der Waals surface area contributed by atoms with Crippen molar-refractivity contribution in [3.8, 4) is 5.75 Å². The summed E-state index contributed by atoms with van der Waals surface area (Å²) in [5.41, 5.74) is 0. The number of benzene rings is 1. The van der Waals surface area contributed by atoms with E-state index in [1.165, 1.54) is 4.88 Å². The van der Waals surface area contributed by atoms with Gasteiger partial charge in [0, 0.05) is 38.2 Å². The summed E-state index contributed by atoms with van der Waals surface area (Å²) >= 11 is 1.74. The Morgan fingerprint density at radius 3 is 2.70 bits per heavy atom. The molecule has 0 fully saturated rings. The summed E-state index contributed by atoms with van der Waals surface area (Å²) in [5.74, 6) is 0.788. The third-order valence-electron chi connectivity index (χ3n) is 3.44. The lowest BCUT2D eigenvalue weighted by molar-refractivity contribution is 0.0621. The quantitative estimate of drug-likeness (QED) is 0.641. The molecule has 4 nitrogen and oxygen atoms in total. The number of aliphatic hydroxyl groups excluding tert-OH is 1. The standard InChI is InChI=1S/C18H25NO3S/c1-21-11-6-10-19(14-18-9-5-12-23-18)13-16(20)15-22-17-7-3-2-4-8-17/h2-5,7-9,12,16,20H,6,10-11,13-15H2,1H3/t16-/m1/s1. The van der Waals surface area contributed by atoms with Crippen molar-refractivity contribution in [3.05, 3.63) is 52.7 Å². The Bertz CT molecular complexity index is 518. The van der Waals surface area contributed by atoms with Crippen molar-refractivity contribution in [1.29, 1.82) is 0 Å². The van der Waals surface area contributed by atoms with Crippen LogP contribution in [-0.4, -0.2) is 49.5 Å². The van der Waals surface area contributed by atoms with Gasteiger partial charge in [-0.2, -0.15) is 0 Å². The molecule has 0 aliphatic carbocycles. The first kappa shape index (κ1) is 17.9. The second-order valence-electron chi connectivity index (χ2n) is 5.44. The highest BCUT2D eigenvalue weighted by atomic mass is 32.1. The Balaban J connectivity index is 1.80. The largest absolute Gasteiger partial charge is 0.491 e.